The van der Waals surface area contributed by atoms with E-state index in [9.17, 15) is 18.0 Å². The molecule has 3 heterocycles. The molecular weight excluding hydrogens is 385 g/mol. The van der Waals surface area contributed by atoms with Gasteiger partial charge in [0, 0.05) is 23.3 Å². The van der Waals surface area contributed by atoms with E-state index in [2.05, 4.69) is 20.3 Å². The van der Waals surface area contributed by atoms with Crippen LogP contribution in [-0.2, 0) is 4.79 Å². The number of aromatic nitrogens is 3. The Morgan fingerprint density at radius 3 is 2.66 bits per heavy atom. The number of fused-ring (bicyclic) bond motifs is 1. The summed E-state index contributed by atoms with van der Waals surface area (Å²) < 4.78 is 38.0. The molecule has 3 aromatic heterocycles. The van der Waals surface area contributed by atoms with Gasteiger partial charge in [-0.05, 0) is 36.4 Å². The van der Waals surface area contributed by atoms with Crippen LogP contribution in [0.4, 0.5) is 30.5 Å². The normalized spacial score (nSPS) is 18.6. The quantitative estimate of drug-likeness (QED) is 0.618. The van der Waals surface area contributed by atoms with Crippen LogP contribution in [0, 0.1) is 18.8 Å². The van der Waals surface area contributed by atoms with Crippen molar-refractivity contribution in [3.8, 4) is 11.3 Å². The van der Waals surface area contributed by atoms with E-state index in [1.165, 1.54) is 12.4 Å². The van der Waals surface area contributed by atoms with Crippen molar-refractivity contribution in [2.45, 2.75) is 19.5 Å². The number of rotatable bonds is 3. The zero-order valence-electron chi connectivity index (χ0n) is 15.3. The number of pyridine rings is 3. The van der Waals surface area contributed by atoms with E-state index in [1.54, 1.807) is 18.3 Å². The van der Waals surface area contributed by atoms with Crippen molar-refractivity contribution in [1.29, 1.82) is 0 Å². The molecule has 1 saturated carbocycles. The number of nitrogens with one attached hydrogen (secondary N) is 1. The predicted molar refractivity (Wildman–Crippen MR) is 103 cm³/mol. The Kier molecular flexibility index (Phi) is 4.29. The van der Waals surface area contributed by atoms with Crippen LogP contribution in [0.25, 0.3) is 22.0 Å². The van der Waals surface area contributed by atoms with Gasteiger partial charge < -0.3 is 16.8 Å². The molecule has 0 aliphatic heterocycles. The number of nitrogens with zero attached hydrogens (tertiary/aromatic N) is 3. The number of alkyl halides is 3. The minimum atomic E-state index is -4.36. The molecule has 0 bridgehead atoms. The molecule has 4 rings (SSSR count). The first kappa shape index (κ1) is 18.9. The molecule has 0 aromatic carbocycles. The highest BCUT2D eigenvalue weighted by Crippen LogP contribution is 2.50. The zero-order chi connectivity index (χ0) is 20.9. The Labute approximate surface area is 163 Å². The fraction of sp³-hybridized carbons (Fsp3) is 0.263. The van der Waals surface area contributed by atoms with Crippen LogP contribution in [0.1, 0.15) is 12.0 Å². The third-order valence-corrected chi connectivity index (χ3v) is 5.07. The molecule has 1 unspecified atom stereocenters. The molecule has 29 heavy (non-hydrogen) atoms. The third kappa shape index (κ3) is 3.53. The van der Waals surface area contributed by atoms with Crippen molar-refractivity contribution in [2.24, 2.45) is 11.8 Å². The van der Waals surface area contributed by atoms with Gasteiger partial charge in [0.25, 0.3) is 0 Å². The molecule has 1 fully saturated rings. The van der Waals surface area contributed by atoms with E-state index in [4.69, 9.17) is 11.5 Å². The van der Waals surface area contributed by atoms with E-state index < -0.39 is 23.9 Å². The van der Waals surface area contributed by atoms with Gasteiger partial charge in [0.2, 0.25) is 5.91 Å². The number of halogens is 3. The minimum absolute atomic E-state index is 0.147. The molecule has 1 aliphatic rings. The molecule has 0 radical (unpaired) electrons. The number of carbonyl (C=O) groups excluding carboxylic acids is 1. The van der Waals surface area contributed by atoms with Crippen molar-refractivity contribution >= 4 is 34.0 Å². The summed E-state index contributed by atoms with van der Waals surface area (Å²) in [6.07, 6.45) is 0.0129. The molecule has 5 N–H and O–H groups in total. The van der Waals surface area contributed by atoms with Gasteiger partial charge in [0.05, 0.1) is 29.4 Å². The molecule has 1 amide bonds. The Hall–Kier alpha value is -3.43. The van der Waals surface area contributed by atoms with E-state index in [0.29, 0.717) is 27.7 Å². The summed E-state index contributed by atoms with van der Waals surface area (Å²) in [6.45, 7) is 1.83. The van der Waals surface area contributed by atoms with E-state index in [1.807, 2.05) is 6.92 Å². The molecular formula is C19H17F3N6O. The number of hydrogen-bond acceptors (Lipinski definition) is 6. The number of nitrogens with two attached hydrogens (primary N) is 2. The largest absolute Gasteiger partial charge is 0.397 e. The van der Waals surface area contributed by atoms with Gasteiger partial charge in [-0.25, -0.2) is 9.97 Å². The van der Waals surface area contributed by atoms with Crippen LogP contribution in [-0.4, -0.2) is 27.0 Å². The highest BCUT2D eigenvalue weighted by Gasteiger charge is 2.58. The van der Waals surface area contributed by atoms with Gasteiger partial charge in [-0.2, -0.15) is 13.2 Å². The molecule has 10 heteroatoms. The van der Waals surface area contributed by atoms with Crippen molar-refractivity contribution in [3.05, 3.63) is 36.3 Å². The minimum Gasteiger partial charge on any atom is -0.397 e. The summed E-state index contributed by atoms with van der Waals surface area (Å²) in [7, 11) is 0. The lowest BCUT2D eigenvalue weighted by atomic mass is 10.0. The smallest absolute Gasteiger partial charge is 0.392 e. The topological polar surface area (TPSA) is 120 Å². The molecule has 1 aliphatic carbocycles. The highest BCUT2D eigenvalue weighted by atomic mass is 19.4. The van der Waals surface area contributed by atoms with Crippen molar-refractivity contribution in [2.75, 3.05) is 16.8 Å². The summed E-state index contributed by atoms with van der Waals surface area (Å²) in [5.41, 5.74) is 14.5. The van der Waals surface area contributed by atoms with Gasteiger partial charge in [-0.1, -0.05) is 0 Å². The lowest BCUT2D eigenvalue weighted by Crippen LogP contribution is -2.20. The number of carbonyl (C=O) groups is 1. The van der Waals surface area contributed by atoms with Crippen molar-refractivity contribution < 1.29 is 18.0 Å². The fourth-order valence-electron chi connectivity index (χ4n) is 3.25. The summed E-state index contributed by atoms with van der Waals surface area (Å²) in [5, 5.41) is 3.64. The van der Waals surface area contributed by atoms with Crippen LogP contribution in [0.5, 0.6) is 0 Å². The Morgan fingerprint density at radius 2 is 1.97 bits per heavy atom. The van der Waals surface area contributed by atoms with Crippen LogP contribution >= 0.6 is 0 Å². The number of amides is 1. The van der Waals surface area contributed by atoms with Gasteiger partial charge in [0.15, 0.2) is 0 Å². The van der Waals surface area contributed by atoms with E-state index in [-0.39, 0.29) is 18.1 Å². The van der Waals surface area contributed by atoms with Crippen LogP contribution in [0.15, 0.2) is 30.7 Å². The number of nitrogen functional groups attached to an aromatic ring is 2. The number of hydrogen-bond donors (Lipinski definition) is 3. The second-order valence-electron chi connectivity index (χ2n) is 7.06. The molecule has 3 aromatic rings. The maximum atomic E-state index is 12.7. The summed E-state index contributed by atoms with van der Waals surface area (Å²) >= 11 is 0. The van der Waals surface area contributed by atoms with Crippen LogP contribution < -0.4 is 16.8 Å². The van der Waals surface area contributed by atoms with Crippen molar-refractivity contribution in [1.82, 2.24) is 15.0 Å². The predicted octanol–water partition coefficient (Wildman–Crippen LogP) is 3.30. The molecule has 7 nitrogen and oxygen atoms in total. The first-order valence-electron chi connectivity index (χ1n) is 8.79. The maximum absolute atomic E-state index is 12.7. The summed E-state index contributed by atoms with van der Waals surface area (Å²) in [6, 6.07) is 3.29. The van der Waals surface area contributed by atoms with Gasteiger partial charge in [0.1, 0.15) is 11.6 Å². The van der Waals surface area contributed by atoms with Gasteiger partial charge in [-0.3, -0.25) is 9.78 Å². The van der Waals surface area contributed by atoms with Crippen molar-refractivity contribution in [3.63, 3.8) is 0 Å². The standard InChI is InChI=1S/C19H17F3N6O/c1-8-11(5-25-7-14(8)23)15-2-9-3-16(26-6-12(9)17(24)27-15)28-18(29)10-4-13(10)19(20,21)22/h2-3,5-7,10,13H,4,23H2,1H3,(H2,24,27)(H,26,28,29)/t10?,13-/m1/s1. The zero-order valence-corrected chi connectivity index (χ0v) is 15.3. The lowest BCUT2D eigenvalue weighted by molar-refractivity contribution is -0.153. The number of anilines is 3. The van der Waals surface area contributed by atoms with E-state index in [0.717, 1.165) is 5.56 Å². The average molecular weight is 402 g/mol. The Balaban J connectivity index is 1.65. The maximum Gasteiger partial charge on any atom is 0.392 e. The second kappa shape index (κ2) is 6.57. The van der Waals surface area contributed by atoms with Gasteiger partial charge >= 0.3 is 6.18 Å². The first-order valence-corrected chi connectivity index (χ1v) is 8.79. The molecule has 150 valence electrons. The summed E-state index contributed by atoms with van der Waals surface area (Å²) in [5.74, 6) is -2.99. The SMILES string of the molecule is Cc1c(N)cncc1-c1cc2cc(NC(=O)C3C[C@H]3C(F)(F)F)ncc2c(N)n1. The monoisotopic (exact) mass is 402 g/mol. The Morgan fingerprint density at radius 1 is 1.21 bits per heavy atom. The fourth-order valence-corrected chi connectivity index (χ4v) is 3.25. The van der Waals surface area contributed by atoms with Crippen LogP contribution in [0.2, 0.25) is 0 Å². The highest BCUT2D eigenvalue weighted by molar-refractivity contribution is 5.98. The molecule has 2 atom stereocenters. The average Bonchev–Trinajstić information content (AvgIpc) is 3.45. The van der Waals surface area contributed by atoms with Crippen LogP contribution in [0.3, 0.4) is 0 Å². The lowest BCUT2D eigenvalue weighted by Gasteiger charge is -2.11. The molecule has 0 spiro atoms. The first-order chi connectivity index (χ1) is 13.6. The van der Waals surface area contributed by atoms with Gasteiger partial charge in [-0.15, -0.1) is 0 Å². The summed E-state index contributed by atoms with van der Waals surface area (Å²) in [4.78, 5) is 24.6. The Bertz CT molecular complexity index is 1130. The molecule has 0 saturated heterocycles. The second-order valence-corrected chi connectivity index (χ2v) is 7.06. The third-order valence-electron chi connectivity index (χ3n) is 5.07. The van der Waals surface area contributed by atoms with E-state index >= 15 is 0 Å².